The van der Waals surface area contributed by atoms with Gasteiger partial charge in [0.1, 0.15) is 11.2 Å². The summed E-state index contributed by atoms with van der Waals surface area (Å²) < 4.78 is 82.3. The van der Waals surface area contributed by atoms with Crippen molar-refractivity contribution in [2.24, 2.45) is 0 Å². The highest BCUT2D eigenvalue weighted by Gasteiger charge is 2.51. The van der Waals surface area contributed by atoms with Gasteiger partial charge in [0.15, 0.2) is 16.6 Å². The molecule has 0 saturated carbocycles. The molecule has 7 nitrogen and oxygen atoms in total. The number of fused-ring (bicyclic) bond motifs is 1. The number of amides is 1. The van der Waals surface area contributed by atoms with E-state index in [1.165, 1.54) is 19.9 Å². The molecule has 1 amide bonds. The molecular weight excluding hydrogens is 524 g/mol. The van der Waals surface area contributed by atoms with Crippen LogP contribution in [0.5, 0.6) is 0 Å². The number of thiocarbonyl (C=S) groups is 1. The zero-order valence-corrected chi connectivity index (χ0v) is 20.2. The first-order chi connectivity index (χ1) is 17.1. The van der Waals surface area contributed by atoms with Crippen molar-refractivity contribution < 1.29 is 31.1 Å². The number of allylic oxidation sites excluding steroid dienone is 4. The maximum Gasteiger partial charge on any atom is 0.417 e. The lowest BCUT2D eigenvalue weighted by Gasteiger charge is -2.29. The van der Waals surface area contributed by atoms with E-state index in [-0.39, 0.29) is 10.8 Å². The fourth-order valence-corrected chi connectivity index (χ4v) is 4.20. The lowest BCUT2D eigenvalue weighted by atomic mass is 10.0. The van der Waals surface area contributed by atoms with Crippen molar-refractivity contribution in [3.05, 3.63) is 75.8 Å². The zero-order chi connectivity index (χ0) is 28.0. The Morgan fingerprint density at radius 3 is 2.41 bits per heavy atom. The van der Waals surface area contributed by atoms with Crippen LogP contribution in [0.1, 0.15) is 32.9 Å². The summed E-state index contributed by atoms with van der Waals surface area (Å²) in [7, 11) is 0. The van der Waals surface area contributed by atoms with Gasteiger partial charge in [0.2, 0.25) is 0 Å². The summed E-state index contributed by atoms with van der Waals surface area (Å²) in [6.07, 6.45) is -5.58. The summed E-state index contributed by atoms with van der Waals surface area (Å²) in [5.41, 5.74) is -6.86. The quantitative estimate of drug-likeness (QED) is 0.231. The topological polar surface area (TPSA) is 81.7 Å². The first-order valence-electron chi connectivity index (χ1n) is 10.3. The summed E-state index contributed by atoms with van der Waals surface area (Å²) in [6, 6.07) is 2.74. The lowest BCUT2D eigenvalue weighted by molar-refractivity contribution is -0.128. The fourth-order valence-electron chi connectivity index (χ4n) is 3.68. The van der Waals surface area contributed by atoms with Crippen LogP contribution in [-0.4, -0.2) is 37.0 Å². The minimum atomic E-state index is -4.94. The average Bonchev–Trinajstić information content (AvgIpc) is 2.97. The van der Waals surface area contributed by atoms with E-state index >= 15 is 0 Å². The maximum absolute atomic E-state index is 14.9. The van der Waals surface area contributed by atoms with Crippen molar-refractivity contribution in [2.45, 2.75) is 38.9 Å². The van der Waals surface area contributed by atoms with Gasteiger partial charge < -0.3 is 4.90 Å². The standard InChI is InChI=1S/C23H17F6N5O2S/c1-5-12(6-14(11(2)9-30)23(27,28)29)33-20(36)22(3,4)34(21(33)37)13-7-15(24)19-31-16(18(25)26)8-17(35)32(19)10-13/h5-8,10,18H,1H2,2-4H3/b12-6+,14-11-. The molecule has 3 heterocycles. The molecule has 0 radical (unpaired) electrons. The molecule has 0 N–H and O–H groups in total. The van der Waals surface area contributed by atoms with E-state index in [9.17, 15) is 35.9 Å². The van der Waals surface area contributed by atoms with Gasteiger partial charge in [-0.1, -0.05) is 6.58 Å². The van der Waals surface area contributed by atoms with Crippen molar-refractivity contribution in [1.82, 2.24) is 14.3 Å². The monoisotopic (exact) mass is 541 g/mol. The molecule has 0 bridgehead atoms. The van der Waals surface area contributed by atoms with Gasteiger partial charge in [0, 0.05) is 23.9 Å². The zero-order valence-electron chi connectivity index (χ0n) is 19.4. The number of hydrogen-bond acceptors (Lipinski definition) is 5. The van der Waals surface area contributed by atoms with Gasteiger partial charge in [0.05, 0.1) is 23.0 Å². The number of pyridine rings is 1. The first kappa shape index (κ1) is 27.6. The number of halogens is 6. The van der Waals surface area contributed by atoms with Crippen molar-refractivity contribution in [1.29, 1.82) is 5.26 Å². The summed E-state index contributed by atoms with van der Waals surface area (Å²) >= 11 is 5.36. The molecule has 0 spiro atoms. The fraction of sp³-hybridized carbons (Fsp3) is 0.261. The third-order valence-corrected chi connectivity index (χ3v) is 5.87. The number of anilines is 1. The Labute approximate surface area is 211 Å². The van der Waals surface area contributed by atoms with Crippen molar-refractivity contribution >= 4 is 34.6 Å². The molecule has 194 valence electrons. The number of aromatic nitrogens is 2. The Bertz CT molecular complexity index is 1500. The molecule has 1 aliphatic heterocycles. The van der Waals surface area contributed by atoms with Crippen LogP contribution in [0.2, 0.25) is 0 Å². The molecule has 0 unspecified atom stereocenters. The van der Waals surface area contributed by atoms with Crippen LogP contribution >= 0.6 is 12.2 Å². The van der Waals surface area contributed by atoms with Gasteiger partial charge in [-0.25, -0.2) is 18.2 Å². The van der Waals surface area contributed by atoms with E-state index in [4.69, 9.17) is 17.5 Å². The SMILES string of the molecule is C=C/C(=C\C(=C(/C)C#N)C(F)(F)F)N1C(=O)C(C)(C)N(c2cc(F)c3nc(C(F)F)cc(=O)n3c2)C1=S. The van der Waals surface area contributed by atoms with Crippen LogP contribution in [0.4, 0.5) is 32.0 Å². The molecule has 1 aliphatic rings. The average molecular weight is 541 g/mol. The van der Waals surface area contributed by atoms with Crippen LogP contribution in [0.15, 0.2) is 58.7 Å². The largest absolute Gasteiger partial charge is 0.417 e. The van der Waals surface area contributed by atoms with Crippen LogP contribution in [0.3, 0.4) is 0 Å². The van der Waals surface area contributed by atoms with Crippen LogP contribution in [0, 0.1) is 17.1 Å². The van der Waals surface area contributed by atoms with Crippen molar-refractivity contribution in [2.75, 3.05) is 4.90 Å². The van der Waals surface area contributed by atoms with E-state index in [0.29, 0.717) is 16.5 Å². The van der Waals surface area contributed by atoms with Crippen molar-refractivity contribution in [3.8, 4) is 6.07 Å². The summed E-state index contributed by atoms with van der Waals surface area (Å²) in [4.78, 5) is 31.0. The smallest absolute Gasteiger partial charge is 0.302 e. The van der Waals surface area contributed by atoms with Gasteiger partial charge >= 0.3 is 6.18 Å². The molecular formula is C23H17F6N5O2S. The highest BCUT2D eigenvalue weighted by Crippen LogP contribution is 2.38. The normalized spacial score (nSPS) is 16.9. The van der Waals surface area contributed by atoms with E-state index in [0.717, 1.165) is 35.1 Å². The van der Waals surface area contributed by atoms with Gasteiger partial charge in [-0.3, -0.25) is 18.9 Å². The molecule has 0 atom stereocenters. The minimum absolute atomic E-state index is 0.173. The number of hydrogen-bond donors (Lipinski definition) is 0. The Kier molecular flexibility index (Phi) is 7.06. The third kappa shape index (κ3) is 4.74. The highest BCUT2D eigenvalue weighted by atomic mass is 32.1. The molecule has 1 saturated heterocycles. The Morgan fingerprint density at radius 1 is 1.27 bits per heavy atom. The Morgan fingerprint density at radius 2 is 1.89 bits per heavy atom. The predicted molar refractivity (Wildman–Crippen MR) is 125 cm³/mol. The maximum atomic E-state index is 14.9. The molecule has 1 fully saturated rings. The number of carbonyl (C=O) groups is 1. The minimum Gasteiger partial charge on any atom is -0.302 e. The second-order valence-electron chi connectivity index (χ2n) is 8.30. The van der Waals surface area contributed by atoms with E-state index in [1.807, 2.05) is 0 Å². The van der Waals surface area contributed by atoms with E-state index in [2.05, 4.69) is 11.6 Å². The van der Waals surface area contributed by atoms with Crippen LogP contribution < -0.4 is 10.5 Å². The molecule has 0 aliphatic carbocycles. The van der Waals surface area contributed by atoms with E-state index < -0.39 is 63.6 Å². The predicted octanol–water partition coefficient (Wildman–Crippen LogP) is 4.96. The van der Waals surface area contributed by atoms with Gasteiger partial charge in [-0.15, -0.1) is 0 Å². The molecule has 0 aromatic carbocycles. The van der Waals surface area contributed by atoms with Gasteiger partial charge in [0.25, 0.3) is 17.9 Å². The number of rotatable bonds is 5. The summed E-state index contributed by atoms with van der Waals surface area (Å²) in [5, 5.41) is 8.60. The second-order valence-corrected chi connectivity index (χ2v) is 8.66. The van der Waals surface area contributed by atoms with Crippen LogP contribution in [-0.2, 0) is 4.79 Å². The second kappa shape index (κ2) is 9.47. The molecule has 14 heteroatoms. The molecule has 3 rings (SSSR count). The summed E-state index contributed by atoms with van der Waals surface area (Å²) in [5.74, 6) is -2.01. The lowest BCUT2D eigenvalue weighted by Crippen LogP contribution is -2.44. The Hall–Kier alpha value is -3.99. The molecule has 37 heavy (non-hydrogen) atoms. The van der Waals surface area contributed by atoms with Gasteiger partial charge in [-0.05, 0) is 45.1 Å². The third-order valence-electron chi connectivity index (χ3n) is 5.51. The first-order valence-corrected chi connectivity index (χ1v) is 10.7. The van der Waals surface area contributed by atoms with Crippen molar-refractivity contribution in [3.63, 3.8) is 0 Å². The molecule has 2 aromatic heterocycles. The molecule has 2 aromatic rings. The number of alkyl halides is 5. The van der Waals surface area contributed by atoms with Crippen LogP contribution in [0.25, 0.3) is 5.65 Å². The highest BCUT2D eigenvalue weighted by molar-refractivity contribution is 7.80. The van der Waals surface area contributed by atoms with Gasteiger partial charge in [-0.2, -0.15) is 18.4 Å². The number of nitriles is 1. The van der Waals surface area contributed by atoms with E-state index in [1.54, 1.807) is 0 Å². The number of nitrogens with zero attached hydrogens (tertiary/aromatic N) is 5. The Balaban J connectivity index is 2.21. The summed E-state index contributed by atoms with van der Waals surface area (Å²) in [6.45, 7) is 7.10. The number of carbonyl (C=O) groups excluding carboxylic acids is 1.